The van der Waals surface area contributed by atoms with Crippen LogP contribution in [0.5, 0.6) is 0 Å². The molecule has 0 amide bonds. The summed E-state index contributed by atoms with van der Waals surface area (Å²) in [7, 11) is 0. The summed E-state index contributed by atoms with van der Waals surface area (Å²) in [5.74, 6) is 0.0788. The van der Waals surface area contributed by atoms with Gasteiger partial charge in [-0.1, -0.05) is 0 Å². The second-order valence-electron chi connectivity index (χ2n) is 2.83. The van der Waals surface area contributed by atoms with Gasteiger partial charge < -0.3 is 5.73 Å². The number of nitrogens with zero attached hydrogens (tertiary/aromatic N) is 5. The van der Waals surface area contributed by atoms with Gasteiger partial charge in [-0.25, -0.2) is 9.97 Å². The SMILES string of the molecule is Cc1ccnc(Sc2nc(N)nc(Cl)n2)n1. The van der Waals surface area contributed by atoms with E-state index in [1.807, 2.05) is 6.92 Å². The highest BCUT2D eigenvalue weighted by Crippen LogP contribution is 2.21. The molecule has 2 N–H and O–H groups in total. The Balaban J connectivity index is 2.27. The van der Waals surface area contributed by atoms with E-state index in [2.05, 4.69) is 24.9 Å². The van der Waals surface area contributed by atoms with E-state index in [4.69, 9.17) is 17.3 Å². The summed E-state index contributed by atoms with van der Waals surface area (Å²) in [4.78, 5) is 19.7. The van der Waals surface area contributed by atoms with Crippen LogP contribution in [0.3, 0.4) is 0 Å². The van der Waals surface area contributed by atoms with Crippen molar-refractivity contribution in [2.24, 2.45) is 0 Å². The van der Waals surface area contributed by atoms with Crippen LogP contribution in [-0.4, -0.2) is 24.9 Å². The summed E-state index contributed by atoms with van der Waals surface area (Å²) in [5.41, 5.74) is 6.31. The van der Waals surface area contributed by atoms with Crippen LogP contribution in [0.25, 0.3) is 0 Å². The van der Waals surface area contributed by atoms with E-state index in [0.29, 0.717) is 10.3 Å². The Morgan fingerprint density at radius 1 is 1.19 bits per heavy atom. The molecule has 0 bridgehead atoms. The molecule has 2 aromatic heterocycles. The smallest absolute Gasteiger partial charge is 0.228 e. The fourth-order valence-electron chi connectivity index (χ4n) is 0.949. The lowest BCUT2D eigenvalue weighted by atomic mass is 10.5. The maximum atomic E-state index is 5.65. The van der Waals surface area contributed by atoms with Crippen molar-refractivity contribution in [3.05, 3.63) is 23.2 Å². The number of rotatable bonds is 2. The normalized spacial score (nSPS) is 10.4. The highest BCUT2D eigenvalue weighted by molar-refractivity contribution is 7.99. The van der Waals surface area contributed by atoms with Crippen LogP contribution in [0.4, 0.5) is 5.95 Å². The van der Waals surface area contributed by atoms with Crippen LogP contribution in [0.15, 0.2) is 22.6 Å². The maximum Gasteiger partial charge on any atom is 0.228 e. The molecule has 0 aliphatic carbocycles. The van der Waals surface area contributed by atoms with Gasteiger partial charge in [-0.2, -0.15) is 15.0 Å². The fraction of sp³-hybridized carbons (Fsp3) is 0.125. The fourth-order valence-corrected chi connectivity index (χ4v) is 1.90. The van der Waals surface area contributed by atoms with Gasteiger partial charge in [-0.3, -0.25) is 0 Å². The van der Waals surface area contributed by atoms with Crippen LogP contribution < -0.4 is 5.73 Å². The Morgan fingerprint density at radius 2 is 2.00 bits per heavy atom. The third-order valence-corrected chi connectivity index (χ3v) is 2.47. The zero-order valence-corrected chi connectivity index (χ0v) is 9.83. The molecule has 0 spiro atoms. The molecule has 0 fully saturated rings. The lowest BCUT2D eigenvalue weighted by molar-refractivity contribution is 0.889. The Hall–Kier alpha value is -1.47. The monoisotopic (exact) mass is 254 g/mol. The second kappa shape index (κ2) is 4.58. The Bertz CT molecular complexity index is 499. The molecule has 0 radical (unpaired) electrons. The molecule has 6 nitrogen and oxygen atoms in total. The van der Waals surface area contributed by atoms with Crippen molar-refractivity contribution < 1.29 is 0 Å². The van der Waals surface area contributed by atoms with E-state index < -0.39 is 0 Å². The van der Waals surface area contributed by atoms with Gasteiger partial charge >= 0.3 is 0 Å². The molecule has 0 unspecified atom stereocenters. The molecule has 0 aliphatic heterocycles. The summed E-state index contributed by atoms with van der Waals surface area (Å²) in [6.45, 7) is 1.88. The number of halogens is 1. The highest BCUT2D eigenvalue weighted by Gasteiger charge is 2.06. The molecule has 0 atom stereocenters. The highest BCUT2D eigenvalue weighted by atomic mass is 35.5. The van der Waals surface area contributed by atoms with Crippen molar-refractivity contribution in [3.8, 4) is 0 Å². The van der Waals surface area contributed by atoms with Crippen LogP contribution in [-0.2, 0) is 0 Å². The second-order valence-corrected chi connectivity index (χ2v) is 4.10. The number of anilines is 1. The Morgan fingerprint density at radius 3 is 2.69 bits per heavy atom. The molecule has 0 aliphatic rings. The van der Waals surface area contributed by atoms with Crippen molar-refractivity contribution in [2.45, 2.75) is 17.2 Å². The molecule has 8 heteroatoms. The molecular formula is C8H7ClN6S. The first kappa shape index (κ1) is 11.0. The van der Waals surface area contributed by atoms with Gasteiger partial charge in [0.05, 0.1) is 0 Å². The summed E-state index contributed by atoms with van der Waals surface area (Å²) < 4.78 is 0. The average molecular weight is 255 g/mol. The van der Waals surface area contributed by atoms with Gasteiger partial charge in [0.15, 0.2) is 5.16 Å². The van der Waals surface area contributed by atoms with Crippen molar-refractivity contribution in [1.82, 2.24) is 24.9 Å². The molecule has 16 heavy (non-hydrogen) atoms. The first-order chi connectivity index (χ1) is 7.63. The van der Waals surface area contributed by atoms with E-state index in [1.165, 1.54) is 11.8 Å². The predicted octanol–water partition coefficient (Wildman–Crippen LogP) is 1.36. The van der Waals surface area contributed by atoms with E-state index in [1.54, 1.807) is 12.3 Å². The number of aromatic nitrogens is 5. The van der Waals surface area contributed by atoms with Gasteiger partial charge in [-0.15, -0.1) is 0 Å². The maximum absolute atomic E-state index is 5.65. The minimum Gasteiger partial charge on any atom is -0.368 e. The number of aryl methyl sites for hydroxylation is 1. The lowest BCUT2D eigenvalue weighted by Crippen LogP contribution is -1.99. The van der Waals surface area contributed by atoms with Crippen LogP contribution in [0, 0.1) is 6.92 Å². The molecule has 0 saturated heterocycles. The van der Waals surface area contributed by atoms with Gasteiger partial charge in [0.25, 0.3) is 0 Å². The van der Waals surface area contributed by atoms with Crippen molar-refractivity contribution >= 4 is 29.3 Å². The molecule has 82 valence electrons. The number of nitrogens with two attached hydrogens (primary N) is 1. The van der Waals surface area contributed by atoms with Crippen LogP contribution >= 0.6 is 23.4 Å². The van der Waals surface area contributed by atoms with Gasteiger partial charge in [-0.05, 0) is 36.4 Å². The number of hydrogen-bond acceptors (Lipinski definition) is 7. The third-order valence-electron chi connectivity index (χ3n) is 1.56. The first-order valence-corrected chi connectivity index (χ1v) is 5.47. The van der Waals surface area contributed by atoms with Crippen molar-refractivity contribution in [1.29, 1.82) is 0 Å². The number of hydrogen-bond donors (Lipinski definition) is 1. The topological polar surface area (TPSA) is 90.5 Å². The molecule has 0 saturated carbocycles. The van der Waals surface area contributed by atoms with Gasteiger partial charge in [0.1, 0.15) is 0 Å². The van der Waals surface area contributed by atoms with E-state index in [0.717, 1.165) is 5.69 Å². The zero-order chi connectivity index (χ0) is 11.5. The van der Waals surface area contributed by atoms with Gasteiger partial charge in [0, 0.05) is 11.9 Å². The lowest BCUT2D eigenvalue weighted by Gasteiger charge is -2.00. The Labute approximate surface area is 101 Å². The standard InChI is InChI=1S/C8H7ClN6S/c1-4-2-3-11-7(12-4)16-8-14-5(9)13-6(10)15-8/h2-3H,1H3,(H2,10,13,14,15). The van der Waals surface area contributed by atoms with Crippen molar-refractivity contribution in [2.75, 3.05) is 5.73 Å². The third kappa shape index (κ3) is 2.77. The molecule has 2 rings (SSSR count). The molecular weight excluding hydrogens is 248 g/mol. The molecule has 0 aromatic carbocycles. The van der Waals surface area contributed by atoms with E-state index in [9.17, 15) is 0 Å². The minimum atomic E-state index is 0.0580. The van der Waals surface area contributed by atoms with Crippen LogP contribution in [0.2, 0.25) is 5.28 Å². The number of nitrogen functional groups attached to an aromatic ring is 1. The minimum absolute atomic E-state index is 0.0580. The summed E-state index contributed by atoms with van der Waals surface area (Å²) in [5, 5.41) is 0.979. The van der Waals surface area contributed by atoms with E-state index in [-0.39, 0.29) is 11.2 Å². The van der Waals surface area contributed by atoms with Crippen molar-refractivity contribution in [3.63, 3.8) is 0 Å². The Kier molecular flexibility index (Phi) is 3.16. The zero-order valence-electron chi connectivity index (χ0n) is 8.25. The van der Waals surface area contributed by atoms with E-state index >= 15 is 0 Å². The average Bonchev–Trinajstić information content (AvgIpc) is 2.15. The first-order valence-electron chi connectivity index (χ1n) is 4.28. The summed E-state index contributed by atoms with van der Waals surface area (Å²) in [6, 6.07) is 1.80. The molecule has 2 heterocycles. The van der Waals surface area contributed by atoms with Gasteiger partial charge in [0.2, 0.25) is 16.4 Å². The predicted molar refractivity (Wildman–Crippen MR) is 60.1 cm³/mol. The quantitative estimate of drug-likeness (QED) is 0.809. The molecule has 2 aromatic rings. The summed E-state index contributed by atoms with van der Waals surface area (Å²) in [6.07, 6.45) is 1.66. The largest absolute Gasteiger partial charge is 0.368 e. The summed E-state index contributed by atoms with van der Waals surface area (Å²) >= 11 is 6.83. The van der Waals surface area contributed by atoms with Crippen LogP contribution in [0.1, 0.15) is 5.69 Å².